The maximum atomic E-state index is 5.80. The second kappa shape index (κ2) is 8.19. The van der Waals surface area contributed by atoms with E-state index >= 15 is 0 Å². The van der Waals surface area contributed by atoms with E-state index < -0.39 is 0 Å². The molecule has 3 aromatic rings. The van der Waals surface area contributed by atoms with Crippen molar-refractivity contribution in [3.05, 3.63) is 66.1 Å². The Morgan fingerprint density at radius 2 is 2.00 bits per heavy atom. The molecule has 2 heterocycles. The molecule has 0 atom stereocenters. The molecule has 0 aliphatic heterocycles. The highest BCUT2D eigenvalue weighted by Gasteiger charge is 2.07. The molecule has 0 fully saturated rings. The summed E-state index contributed by atoms with van der Waals surface area (Å²) in [5, 5.41) is 6.42. The van der Waals surface area contributed by atoms with Gasteiger partial charge in [0, 0.05) is 25.6 Å². The Morgan fingerprint density at radius 3 is 2.72 bits per heavy atom. The van der Waals surface area contributed by atoms with E-state index in [9.17, 15) is 0 Å². The summed E-state index contributed by atoms with van der Waals surface area (Å²) in [7, 11) is 1.73. The van der Waals surface area contributed by atoms with Crippen molar-refractivity contribution in [1.29, 1.82) is 0 Å². The second-order valence-electron chi connectivity index (χ2n) is 5.67. The van der Waals surface area contributed by atoms with Gasteiger partial charge in [-0.3, -0.25) is 4.99 Å². The Morgan fingerprint density at radius 1 is 1.16 bits per heavy atom. The first kappa shape index (κ1) is 16.8. The van der Waals surface area contributed by atoms with Gasteiger partial charge in [0.2, 0.25) is 5.89 Å². The number of oxazole rings is 1. The summed E-state index contributed by atoms with van der Waals surface area (Å²) in [6, 6.07) is 12.0. The Hall–Kier alpha value is -3.02. The molecular formula is C19H22N4O2. The predicted molar refractivity (Wildman–Crippen MR) is 97.3 cm³/mol. The van der Waals surface area contributed by atoms with Gasteiger partial charge in [0.05, 0.1) is 19.0 Å². The van der Waals surface area contributed by atoms with Crippen LogP contribution in [-0.4, -0.2) is 24.5 Å². The first-order chi connectivity index (χ1) is 12.2. The highest BCUT2D eigenvalue weighted by Crippen LogP contribution is 2.20. The fourth-order valence-electron chi connectivity index (χ4n) is 2.38. The van der Waals surface area contributed by atoms with Crippen LogP contribution in [0.5, 0.6) is 0 Å². The summed E-state index contributed by atoms with van der Waals surface area (Å²) in [4.78, 5) is 8.51. The van der Waals surface area contributed by atoms with Crippen molar-refractivity contribution in [3.8, 4) is 11.3 Å². The number of hydrogen-bond acceptors (Lipinski definition) is 4. The van der Waals surface area contributed by atoms with Crippen molar-refractivity contribution in [2.45, 2.75) is 19.9 Å². The SMILES string of the molecule is CN=C(NCCc1ccco1)NCc1ncc(-c2ccc(C)cc2)o1. The topological polar surface area (TPSA) is 75.6 Å². The van der Waals surface area contributed by atoms with E-state index in [1.807, 2.05) is 24.3 Å². The van der Waals surface area contributed by atoms with Crippen molar-refractivity contribution in [1.82, 2.24) is 15.6 Å². The number of aryl methyl sites for hydroxylation is 1. The lowest BCUT2D eigenvalue weighted by Gasteiger charge is -2.09. The molecule has 0 unspecified atom stereocenters. The van der Waals surface area contributed by atoms with Crippen LogP contribution in [0.1, 0.15) is 17.2 Å². The fraction of sp³-hybridized carbons (Fsp3) is 0.263. The Bertz CT molecular complexity index is 804. The van der Waals surface area contributed by atoms with E-state index in [1.54, 1.807) is 19.5 Å². The van der Waals surface area contributed by atoms with Crippen molar-refractivity contribution in [3.63, 3.8) is 0 Å². The number of aromatic nitrogens is 1. The normalized spacial score (nSPS) is 11.5. The summed E-state index contributed by atoms with van der Waals surface area (Å²) in [5.74, 6) is 3.02. The molecule has 130 valence electrons. The summed E-state index contributed by atoms with van der Waals surface area (Å²) >= 11 is 0. The molecule has 0 spiro atoms. The molecule has 2 N–H and O–H groups in total. The van der Waals surface area contributed by atoms with Crippen LogP contribution in [0.15, 0.2) is 62.7 Å². The van der Waals surface area contributed by atoms with Crippen LogP contribution in [0.25, 0.3) is 11.3 Å². The first-order valence-electron chi connectivity index (χ1n) is 8.23. The largest absolute Gasteiger partial charge is 0.469 e. The third-order valence-electron chi connectivity index (χ3n) is 3.76. The maximum absolute atomic E-state index is 5.80. The van der Waals surface area contributed by atoms with Crippen LogP contribution in [0.2, 0.25) is 0 Å². The average molecular weight is 338 g/mol. The summed E-state index contributed by atoms with van der Waals surface area (Å²) in [5.41, 5.74) is 2.24. The summed E-state index contributed by atoms with van der Waals surface area (Å²) < 4.78 is 11.1. The van der Waals surface area contributed by atoms with Gasteiger partial charge in [0.25, 0.3) is 0 Å². The zero-order chi connectivity index (χ0) is 17.5. The maximum Gasteiger partial charge on any atom is 0.214 e. The summed E-state index contributed by atoms with van der Waals surface area (Å²) in [6.45, 7) is 3.25. The van der Waals surface area contributed by atoms with Crippen molar-refractivity contribution in [2.75, 3.05) is 13.6 Å². The zero-order valence-electron chi connectivity index (χ0n) is 14.5. The zero-order valence-corrected chi connectivity index (χ0v) is 14.5. The average Bonchev–Trinajstić information content (AvgIpc) is 3.30. The lowest BCUT2D eigenvalue weighted by Crippen LogP contribution is -2.37. The molecule has 6 heteroatoms. The molecule has 3 rings (SSSR count). The van der Waals surface area contributed by atoms with Gasteiger partial charge >= 0.3 is 0 Å². The smallest absolute Gasteiger partial charge is 0.214 e. The van der Waals surface area contributed by atoms with E-state index in [4.69, 9.17) is 8.83 Å². The van der Waals surface area contributed by atoms with Gasteiger partial charge in [-0.1, -0.05) is 29.8 Å². The van der Waals surface area contributed by atoms with E-state index in [-0.39, 0.29) is 0 Å². The highest BCUT2D eigenvalue weighted by molar-refractivity contribution is 5.79. The minimum Gasteiger partial charge on any atom is -0.469 e. The first-order valence-corrected chi connectivity index (χ1v) is 8.23. The molecule has 0 bridgehead atoms. The van der Waals surface area contributed by atoms with Crippen molar-refractivity contribution >= 4 is 5.96 Å². The number of nitrogens with zero attached hydrogens (tertiary/aromatic N) is 2. The molecule has 0 radical (unpaired) electrons. The monoisotopic (exact) mass is 338 g/mol. The van der Waals surface area contributed by atoms with Gasteiger partial charge in [-0.2, -0.15) is 0 Å². The quantitative estimate of drug-likeness (QED) is 0.533. The standard InChI is InChI=1S/C19H22N4O2/c1-14-5-7-15(8-6-14)17-12-22-18(25-17)13-23-19(20-2)21-10-9-16-4-3-11-24-16/h3-8,11-12H,9-10,13H2,1-2H3,(H2,20,21,23). The summed E-state index contributed by atoms with van der Waals surface area (Å²) in [6.07, 6.45) is 4.22. The minimum atomic E-state index is 0.465. The molecule has 6 nitrogen and oxygen atoms in total. The molecule has 0 amide bonds. The minimum absolute atomic E-state index is 0.465. The third-order valence-corrected chi connectivity index (χ3v) is 3.76. The van der Waals surface area contributed by atoms with Gasteiger partial charge in [0.15, 0.2) is 11.7 Å². The molecule has 2 aromatic heterocycles. The third kappa shape index (κ3) is 4.73. The van der Waals surface area contributed by atoms with Gasteiger partial charge in [-0.15, -0.1) is 0 Å². The number of rotatable bonds is 6. The lowest BCUT2D eigenvalue weighted by molar-refractivity contribution is 0.495. The number of aliphatic imine (C=N–C) groups is 1. The second-order valence-corrected chi connectivity index (χ2v) is 5.67. The van der Waals surface area contributed by atoms with Crippen LogP contribution < -0.4 is 10.6 Å². The molecule has 1 aromatic carbocycles. The van der Waals surface area contributed by atoms with Gasteiger partial charge < -0.3 is 19.5 Å². The number of furan rings is 1. The van der Waals surface area contributed by atoms with Gasteiger partial charge in [0.1, 0.15) is 5.76 Å². The molecule has 0 saturated carbocycles. The fourth-order valence-corrected chi connectivity index (χ4v) is 2.38. The van der Waals surface area contributed by atoms with E-state index in [0.717, 1.165) is 30.0 Å². The van der Waals surface area contributed by atoms with E-state index in [0.29, 0.717) is 18.4 Å². The van der Waals surface area contributed by atoms with Crippen LogP contribution in [0.4, 0.5) is 0 Å². The van der Waals surface area contributed by atoms with Gasteiger partial charge in [-0.05, 0) is 19.1 Å². The number of nitrogens with one attached hydrogen (secondary N) is 2. The van der Waals surface area contributed by atoms with Crippen LogP contribution in [0.3, 0.4) is 0 Å². The van der Waals surface area contributed by atoms with E-state index in [1.165, 1.54) is 5.56 Å². The molecule has 0 aliphatic carbocycles. The van der Waals surface area contributed by atoms with Crippen molar-refractivity contribution in [2.24, 2.45) is 4.99 Å². The molecule has 25 heavy (non-hydrogen) atoms. The Balaban J connectivity index is 1.49. The van der Waals surface area contributed by atoms with Crippen molar-refractivity contribution < 1.29 is 8.83 Å². The highest BCUT2D eigenvalue weighted by atomic mass is 16.4. The number of benzene rings is 1. The van der Waals surface area contributed by atoms with Crippen LogP contribution in [0, 0.1) is 6.92 Å². The molecule has 0 saturated heterocycles. The van der Waals surface area contributed by atoms with Gasteiger partial charge in [-0.25, -0.2) is 4.98 Å². The predicted octanol–water partition coefficient (Wildman–Crippen LogP) is 3.15. The Kier molecular flexibility index (Phi) is 5.51. The van der Waals surface area contributed by atoms with E-state index in [2.05, 4.69) is 39.7 Å². The van der Waals surface area contributed by atoms with Crippen LogP contribution in [-0.2, 0) is 13.0 Å². The lowest BCUT2D eigenvalue weighted by atomic mass is 10.1. The van der Waals surface area contributed by atoms with Crippen LogP contribution >= 0.6 is 0 Å². The number of hydrogen-bond donors (Lipinski definition) is 2. The Labute approximate surface area is 147 Å². The number of guanidine groups is 1. The molecule has 0 aliphatic rings. The molecular weight excluding hydrogens is 316 g/mol.